The van der Waals surface area contributed by atoms with E-state index in [1.165, 1.54) is 102 Å². The fourth-order valence-corrected chi connectivity index (χ4v) is 11.7. The molecule has 6 aromatic rings. The Balaban J connectivity index is 1.35. The maximum Gasteiger partial charge on any atom is 0.264 e. The molecule has 10 rings (SSSR count). The monoisotopic (exact) mass is 696 g/mol. The molecule has 0 amide bonds. The standard InChI is InChI=1S/C48H49BN2S/c1-45(2,3)32-19-22-34(23-20-32)50-38-27-31(30-15-10-9-11-16-30)28-39-41(38)49(44-42(50)35-29-33(46(4,5)6)21-24-40(35)52-44)37-18-14-17-36-43(37)51(39)48(8)26-13-12-25-47(36,48)7/h9-11,14-24,27-29H,12-13,25-26H2,1-8H3. The highest BCUT2D eigenvalue weighted by Crippen LogP contribution is 2.62. The number of benzene rings is 5. The van der Waals surface area contributed by atoms with E-state index >= 15 is 0 Å². The third-order valence-electron chi connectivity index (χ3n) is 13.5. The zero-order valence-electron chi connectivity index (χ0n) is 32.0. The number of para-hydroxylation sites is 1. The second-order valence-electron chi connectivity index (χ2n) is 18.5. The van der Waals surface area contributed by atoms with Crippen LogP contribution in [0.5, 0.6) is 0 Å². The van der Waals surface area contributed by atoms with Crippen molar-refractivity contribution in [3.05, 3.63) is 120 Å². The van der Waals surface area contributed by atoms with Crippen molar-refractivity contribution in [3.63, 3.8) is 0 Å². The van der Waals surface area contributed by atoms with E-state index in [0.29, 0.717) is 0 Å². The molecule has 3 aliphatic heterocycles. The van der Waals surface area contributed by atoms with E-state index in [1.54, 1.807) is 5.56 Å². The summed E-state index contributed by atoms with van der Waals surface area (Å²) in [5.74, 6) is 0. The SMILES string of the molecule is CC(C)(C)c1ccc(N2c3cc(-c4ccccc4)cc4c3B(c3cccc5c3N4C3(C)CCCCC53C)c3sc4ccc(C(C)(C)C)cc4c32)cc1. The van der Waals surface area contributed by atoms with Gasteiger partial charge in [0, 0.05) is 43.0 Å². The first-order valence-corrected chi connectivity index (χ1v) is 20.3. The van der Waals surface area contributed by atoms with Crippen LogP contribution in [-0.4, -0.2) is 12.3 Å². The summed E-state index contributed by atoms with van der Waals surface area (Å²) in [6, 6.07) is 40.3. The second-order valence-corrected chi connectivity index (χ2v) is 19.6. The molecule has 1 fully saturated rings. The van der Waals surface area contributed by atoms with Crippen molar-refractivity contribution in [1.29, 1.82) is 0 Å². The number of rotatable bonds is 2. The minimum atomic E-state index is -0.00102. The fourth-order valence-electron chi connectivity index (χ4n) is 10.4. The van der Waals surface area contributed by atoms with E-state index in [-0.39, 0.29) is 28.5 Å². The largest absolute Gasteiger partial charge is 0.335 e. The Morgan fingerprint density at radius 3 is 2.08 bits per heavy atom. The summed E-state index contributed by atoms with van der Waals surface area (Å²) in [7, 11) is 0. The Kier molecular flexibility index (Phi) is 6.64. The van der Waals surface area contributed by atoms with Crippen molar-refractivity contribution in [2.45, 2.75) is 103 Å². The van der Waals surface area contributed by atoms with Gasteiger partial charge < -0.3 is 9.80 Å². The highest BCUT2D eigenvalue weighted by Gasteiger charge is 2.61. The Bertz CT molecular complexity index is 2430. The van der Waals surface area contributed by atoms with Crippen molar-refractivity contribution < 1.29 is 0 Å². The third-order valence-corrected chi connectivity index (χ3v) is 14.7. The molecule has 0 radical (unpaired) electrons. The van der Waals surface area contributed by atoms with Crippen molar-refractivity contribution in [1.82, 2.24) is 0 Å². The van der Waals surface area contributed by atoms with Gasteiger partial charge in [-0.15, -0.1) is 11.3 Å². The zero-order chi connectivity index (χ0) is 35.9. The van der Waals surface area contributed by atoms with Crippen molar-refractivity contribution in [2.75, 3.05) is 9.80 Å². The molecule has 2 unspecified atom stereocenters. The summed E-state index contributed by atoms with van der Waals surface area (Å²) in [5.41, 5.74) is 16.9. The van der Waals surface area contributed by atoms with Gasteiger partial charge >= 0.3 is 0 Å². The number of fused-ring (bicyclic) bond motifs is 9. The smallest absolute Gasteiger partial charge is 0.264 e. The lowest BCUT2D eigenvalue weighted by Gasteiger charge is -2.52. The summed E-state index contributed by atoms with van der Waals surface area (Å²) in [5, 5.41) is 1.37. The number of thiophene rings is 1. The summed E-state index contributed by atoms with van der Waals surface area (Å²) < 4.78 is 2.84. The minimum absolute atomic E-state index is 0.00102. The van der Waals surface area contributed by atoms with Gasteiger partial charge in [0.25, 0.3) is 6.71 Å². The molecule has 2 nitrogen and oxygen atoms in total. The van der Waals surface area contributed by atoms with Crippen LogP contribution in [0, 0.1) is 0 Å². The highest BCUT2D eigenvalue weighted by atomic mass is 32.1. The van der Waals surface area contributed by atoms with Gasteiger partial charge in [-0.05, 0) is 106 Å². The van der Waals surface area contributed by atoms with Gasteiger partial charge in [-0.3, -0.25) is 0 Å². The van der Waals surface area contributed by atoms with Crippen molar-refractivity contribution in [3.8, 4) is 11.1 Å². The van der Waals surface area contributed by atoms with Crippen LogP contribution < -0.4 is 25.5 Å². The molecule has 5 aromatic carbocycles. The van der Waals surface area contributed by atoms with Crippen molar-refractivity contribution >= 4 is 72.3 Å². The average molecular weight is 697 g/mol. The van der Waals surface area contributed by atoms with Gasteiger partial charge in [0.2, 0.25) is 0 Å². The van der Waals surface area contributed by atoms with E-state index < -0.39 is 0 Å². The molecule has 4 heterocycles. The quantitative estimate of drug-likeness (QED) is 0.166. The number of anilines is 5. The minimum Gasteiger partial charge on any atom is -0.335 e. The number of hydrogen-bond donors (Lipinski definition) is 0. The Morgan fingerprint density at radius 2 is 1.35 bits per heavy atom. The van der Waals surface area contributed by atoms with Gasteiger partial charge in [0.15, 0.2) is 0 Å². The topological polar surface area (TPSA) is 6.48 Å². The zero-order valence-corrected chi connectivity index (χ0v) is 32.8. The summed E-state index contributed by atoms with van der Waals surface area (Å²) in [6.45, 7) is 19.3. The molecular weight excluding hydrogens is 647 g/mol. The summed E-state index contributed by atoms with van der Waals surface area (Å²) in [4.78, 5) is 5.51. The van der Waals surface area contributed by atoms with Gasteiger partial charge in [-0.1, -0.05) is 128 Å². The first-order chi connectivity index (χ1) is 24.8. The normalized spacial score (nSPS) is 21.6. The van der Waals surface area contributed by atoms with E-state index in [9.17, 15) is 0 Å². The fraction of sp³-hybridized carbons (Fsp3) is 0.333. The van der Waals surface area contributed by atoms with Crippen LogP contribution >= 0.6 is 11.3 Å². The first-order valence-electron chi connectivity index (χ1n) is 19.4. The predicted octanol–water partition coefficient (Wildman–Crippen LogP) is 11.5. The molecule has 0 N–H and O–H groups in total. The molecule has 0 spiro atoms. The lowest BCUT2D eigenvalue weighted by Crippen LogP contribution is -2.64. The molecule has 0 bridgehead atoms. The number of hydrogen-bond acceptors (Lipinski definition) is 3. The third kappa shape index (κ3) is 4.25. The van der Waals surface area contributed by atoms with Gasteiger partial charge in [0.05, 0.1) is 11.2 Å². The van der Waals surface area contributed by atoms with Crippen LogP contribution in [0.15, 0.2) is 103 Å². The Morgan fingerprint density at radius 1 is 0.654 bits per heavy atom. The lowest BCUT2D eigenvalue weighted by molar-refractivity contribution is 0.195. The van der Waals surface area contributed by atoms with Crippen LogP contribution in [0.25, 0.3) is 21.2 Å². The van der Waals surface area contributed by atoms with E-state index in [4.69, 9.17) is 0 Å². The first kappa shape index (κ1) is 32.4. The molecule has 260 valence electrons. The molecule has 2 atom stereocenters. The Labute approximate surface area is 314 Å². The van der Waals surface area contributed by atoms with Gasteiger partial charge in [-0.25, -0.2) is 0 Å². The second kappa shape index (κ2) is 10.7. The molecule has 4 heteroatoms. The van der Waals surface area contributed by atoms with Crippen LogP contribution in [0.3, 0.4) is 0 Å². The van der Waals surface area contributed by atoms with E-state index in [1.807, 2.05) is 11.3 Å². The molecule has 52 heavy (non-hydrogen) atoms. The highest BCUT2D eigenvalue weighted by molar-refractivity contribution is 7.33. The summed E-state index contributed by atoms with van der Waals surface area (Å²) in [6.07, 6.45) is 5.01. The van der Waals surface area contributed by atoms with E-state index in [0.717, 1.165) is 0 Å². The molecule has 4 aliphatic rings. The van der Waals surface area contributed by atoms with E-state index in [2.05, 4.69) is 168 Å². The van der Waals surface area contributed by atoms with Crippen molar-refractivity contribution in [2.24, 2.45) is 0 Å². The van der Waals surface area contributed by atoms with Gasteiger partial charge in [0.1, 0.15) is 0 Å². The average Bonchev–Trinajstić information content (AvgIpc) is 3.60. The van der Waals surface area contributed by atoms with Crippen LogP contribution in [0.1, 0.15) is 97.8 Å². The van der Waals surface area contributed by atoms with Crippen LogP contribution in [0.4, 0.5) is 28.4 Å². The Hall–Kier alpha value is -4.28. The molecule has 1 aromatic heterocycles. The molecule has 1 aliphatic carbocycles. The van der Waals surface area contributed by atoms with Crippen LogP contribution in [-0.2, 0) is 16.2 Å². The van der Waals surface area contributed by atoms with Gasteiger partial charge in [-0.2, -0.15) is 0 Å². The predicted molar refractivity (Wildman–Crippen MR) is 227 cm³/mol. The maximum absolute atomic E-state index is 2.86. The lowest BCUT2D eigenvalue weighted by atomic mass is 9.36. The summed E-state index contributed by atoms with van der Waals surface area (Å²) >= 11 is 2.02. The maximum atomic E-state index is 2.86. The molecule has 1 saturated carbocycles. The molecular formula is C48H49BN2S. The molecule has 0 saturated heterocycles. The number of nitrogens with zero attached hydrogens (tertiary/aromatic N) is 2. The van der Waals surface area contributed by atoms with Crippen LogP contribution in [0.2, 0.25) is 0 Å².